The van der Waals surface area contributed by atoms with Crippen molar-refractivity contribution >= 4 is 17.4 Å². The zero-order valence-corrected chi connectivity index (χ0v) is 13.5. The molecule has 5 heteroatoms. The van der Waals surface area contributed by atoms with Crippen molar-refractivity contribution in [2.24, 2.45) is 0 Å². The van der Waals surface area contributed by atoms with Crippen LogP contribution in [0.2, 0.25) is 5.02 Å². The predicted octanol–water partition coefficient (Wildman–Crippen LogP) is 3.77. The highest BCUT2D eigenvalue weighted by molar-refractivity contribution is 6.32. The molecule has 22 heavy (non-hydrogen) atoms. The van der Waals surface area contributed by atoms with Crippen molar-refractivity contribution < 1.29 is 0 Å². The van der Waals surface area contributed by atoms with E-state index in [1.165, 1.54) is 11.9 Å². The molecule has 0 radical (unpaired) electrons. The number of nitrogens with zero attached hydrogens (tertiary/aromatic N) is 3. The molecule has 1 aromatic carbocycles. The maximum absolute atomic E-state index is 6.10. The minimum atomic E-state index is 0.423. The molecule has 0 saturated carbocycles. The summed E-state index contributed by atoms with van der Waals surface area (Å²) in [5.41, 5.74) is 1.38. The summed E-state index contributed by atoms with van der Waals surface area (Å²) in [5, 5.41) is 4.02. The minimum Gasteiger partial charge on any atom is -0.366 e. The third-order valence-electron chi connectivity index (χ3n) is 4.37. The molecule has 2 aromatic rings. The van der Waals surface area contributed by atoms with Gasteiger partial charge in [0.25, 0.3) is 0 Å². The minimum absolute atomic E-state index is 0.423. The van der Waals surface area contributed by atoms with E-state index in [9.17, 15) is 0 Å². The third kappa shape index (κ3) is 3.57. The molecule has 1 saturated heterocycles. The number of nitrogens with one attached hydrogen (secondary N) is 1. The van der Waals surface area contributed by atoms with Crippen molar-refractivity contribution in [2.45, 2.75) is 31.8 Å². The highest BCUT2D eigenvalue weighted by atomic mass is 35.5. The summed E-state index contributed by atoms with van der Waals surface area (Å²) in [6.45, 7) is 4.44. The van der Waals surface area contributed by atoms with Gasteiger partial charge in [-0.25, -0.2) is 9.97 Å². The third-order valence-corrected chi connectivity index (χ3v) is 4.64. The van der Waals surface area contributed by atoms with E-state index < -0.39 is 0 Å². The highest BCUT2D eigenvalue weighted by Gasteiger charge is 2.23. The number of hydrogen-bond acceptors (Lipinski definition) is 4. The molecule has 0 aliphatic carbocycles. The average molecular weight is 317 g/mol. The second kappa shape index (κ2) is 7.07. The van der Waals surface area contributed by atoms with Gasteiger partial charge in [-0.05, 0) is 25.3 Å². The largest absolute Gasteiger partial charge is 0.366 e. The van der Waals surface area contributed by atoms with E-state index in [4.69, 9.17) is 11.6 Å². The summed E-state index contributed by atoms with van der Waals surface area (Å²) in [4.78, 5) is 10.7. The standard InChI is InChI=1S/C17H21ClN4/c1-13(14-5-3-2-4-6-14)22-9-7-15(8-10-22)21-17-16(18)11-19-12-20-17/h2-6,11-13,15H,7-10H2,1H3,(H,19,20,21). The molecule has 1 fully saturated rings. The number of rotatable bonds is 4. The summed E-state index contributed by atoms with van der Waals surface area (Å²) in [5.74, 6) is 0.742. The normalized spacial score (nSPS) is 18.1. The molecular weight excluding hydrogens is 296 g/mol. The smallest absolute Gasteiger partial charge is 0.148 e. The Hall–Kier alpha value is -1.65. The van der Waals surface area contributed by atoms with Gasteiger partial charge in [-0.1, -0.05) is 41.9 Å². The molecule has 3 rings (SSSR count). The Morgan fingerprint density at radius 1 is 1.23 bits per heavy atom. The van der Waals surface area contributed by atoms with Crippen LogP contribution in [0.15, 0.2) is 42.9 Å². The predicted molar refractivity (Wildman–Crippen MR) is 90.1 cm³/mol. The van der Waals surface area contributed by atoms with Gasteiger partial charge in [0.1, 0.15) is 17.2 Å². The van der Waals surface area contributed by atoms with E-state index >= 15 is 0 Å². The van der Waals surface area contributed by atoms with E-state index in [0.29, 0.717) is 17.1 Å². The summed E-state index contributed by atoms with van der Waals surface area (Å²) in [6.07, 6.45) is 5.35. The van der Waals surface area contributed by atoms with Gasteiger partial charge in [0, 0.05) is 25.2 Å². The van der Waals surface area contributed by atoms with E-state index in [-0.39, 0.29) is 0 Å². The molecule has 0 spiro atoms. The molecule has 2 heterocycles. The Bertz CT molecular complexity index is 597. The molecule has 4 nitrogen and oxygen atoms in total. The highest BCUT2D eigenvalue weighted by Crippen LogP contribution is 2.26. The maximum atomic E-state index is 6.10. The van der Waals surface area contributed by atoms with Crippen LogP contribution < -0.4 is 5.32 Å². The number of halogens is 1. The summed E-state index contributed by atoms with van der Waals surface area (Å²) >= 11 is 6.10. The molecule has 1 unspecified atom stereocenters. The van der Waals surface area contributed by atoms with E-state index in [0.717, 1.165) is 31.7 Å². The number of piperidine rings is 1. The summed E-state index contributed by atoms with van der Waals surface area (Å²) in [6, 6.07) is 11.6. The Labute approximate surface area is 136 Å². The Balaban J connectivity index is 1.55. The number of aromatic nitrogens is 2. The van der Waals surface area contributed by atoms with Crippen LogP contribution >= 0.6 is 11.6 Å². The van der Waals surface area contributed by atoms with Crippen LogP contribution in [0.1, 0.15) is 31.4 Å². The first-order valence-electron chi connectivity index (χ1n) is 7.75. The first kappa shape index (κ1) is 15.3. The molecule has 1 aromatic heterocycles. The molecular formula is C17H21ClN4. The summed E-state index contributed by atoms with van der Waals surface area (Å²) in [7, 11) is 0. The lowest BCUT2D eigenvalue weighted by atomic mass is 10.0. The first-order valence-corrected chi connectivity index (χ1v) is 8.13. The lowest BCUT2D eigenvalue weighted by Crippen LogP contribution is -2.40. The molecule has 1 aliphatic heterocycles. The number of benzene rings is 1. The molecule has 0 bridgehead atoms. The van der Waals surface area contributed by atoms with Gasteiger partial charge in [-0.2, -0.15) is 0 Å². The Morgan fingerprint density at radius 2 is 1.95 bits per heavy atom. The van der Waals surface area contributed by atoms with Gasteiger partial charge in [-0.3, -0.25) is 4.90 Å². The van der Waals surface area contributed by atoms with E-state index in [1.807, 2.05) is 0 Å². The molecule has 1 aliphatic rings. The van der Waals surface area contributed by atoms with E-state index in [1.54, 1.807) is 6.20 Å². The van der Waals surface area contributed by atoms with Crippen LogP contribution in [0.3, 0.4) is 0 Å². The summed E-state index contributed by atoms with van der Waals surface area (Å²) < 4.78 is 0. The van der Waals surface area contributed by atoms with Gasteiger partial charge in [0.15, 0.2) is 0 Å². The van der Waals surface area contributed by atoms with Gasteiger partial charge >= 0.3 is 0 Å². The second-order valence-electron chi connectivity index (χ2n) is 5.76. The van der Waals surface area contributed by atoms with Crippen molar-refractivity contribution in [3.05, 3.63) is 53.4 Å². The zero-order valence-electron chi connectivity index (χ0n) is 12.7. The molecule has 0 amide bonds. The average Bonchev–Trinajstić information content (AvgIpc) is 2.58. The first-order chi connectivity index (χ1) is 10.7. The zero-order chi connectivity index (χ0) is 15.4. The fourth-order valence-corrected chi connectivity index (χ4v) is 3.15. The second-order valence-corrected chi connectivity index (χ2v) is 6.17. The molecule has 116 valence electrons. The van der Waals surface area contributed by atoms with Crippen LogP contribution in [-0.2, 0) is 0 Å². The quantitative estimate of drug-likeness (QED) is 0.932. The van der Waals surface area contributed by atoms with Gasteiger partial charge in [0.05, 0.1) is 6.20 Å². The van der Waals surface area contributed by atoms with Gasteiger partial charge in [0.2, 0.25) is 0 Å². The number of anilines is 1. The van der Waals surface area contributed by atoms with Crippen molar-refractivity contribution in [3.63, 3.8) is 0 Å². The fraction of sp³-hybridized carbons (Fsp3) is 0.412. The van der Waals surface area contributed by atoms with Crippen LogP contribution in [0.4, 0.5) is 5.82 Å². The van der Waals surface area contributed by atoms with Gasteiger partial charge < -0.3 is 5.32 Å². The molecule has 1 atom stereocenters. The van der Waals surface area contributed by atoms with Crippen molar-refractivity contribution in [2.75, 3.05) is 18.4 Å². The Morgan fingerprint density at radius 3 is 2.64 bits per heavy atom. The van der Waals surface area contributed by atoms with Crippen molar-refractivity contribution in [1.82, 2.24) is 14.9 Å². The topological polar surface area (TPSA) is 41.0 Å². The van der Waals surface area contributed by atoms with Crippen LogP contribution in [0.5, 0.6) is 0 Å². The fourth-order valence-electron chi connectivity index (χ4n) is 2.99. The maximum Gasteiger partial charge on any atom is 0.148 e. The van der Waals surface area contributed by atoms with E-state index in [2.05, 4.69) is 57.4 Å². The SMILES string of the molecule is CC(c1ccccc1)N1CCC(Nc2ncncc2Cl)CC1. The lowest BCUT2D eigenvalue weighted by Gasteiger charge is -2.36. The van der Waals surface area contributed by atoms with Crippen LogP contribution in [0, 0.1) is 0 Å². The molecule has 1 N–H and O–H groups in total. The van der Waals surface area contributed by atoms with Crippen molar-refractivity contribution in [1.29, 1.82) is 0 Å². The Kier molecular flexibility index (Phi) is 4.90. The van der Waals surface area contributed by atoms with Crippen molar-refractivity contribution in [3.8, 4) is 0 Å². The lowest BCUT2D eigenvalue weighted by molar-refractivity contribution is 0.167. The number of likely N-dealkylation sites (tertiary alicyclic amines) is 1. The van der Waals surface area contributed by atoms with Crippen LogP contribution in [-0.4, -0.2) is 34.0 Å². The van der Waals surface area contributed by atoms with Gasteiger partial charge in [-0.15, -0.1) is 0 Å². The monoisotopic (exact) mass is 316 g/mol. The van der Waals surface area contributed by atoms with Crippen LogP contribution in [0.25, 0.3) is 0 Å². The number of hydrogen-bond donors (Lipinski definition) is 1.